The highest BCUT2D eigenvalue weighted by molar-refractivity contribution is 5.96. The van der Waals surface area contributed by atoms with Crippen LogP contribution in [0.4, 0.5) is 14.5 Å². The van der Waals surface area contributed by atoms with E-state index in [4.69, 9.17) is 4.74 Å². The van der Waals surface area contributed by atoms with E-state index in [1.54, 1.807) is 12.3 Å². The number of rotatable bonds is 7. The van der Waals surface area contributed by atoms with Crippen molar-refractivity contribution < 1.29 is 18.3 Å². The molecule has 0 saturated carbocycles. The summed E-state index contributed by atoms with van der Waals surface area (Å²) < 4.78 is 33.6. The molecule has 0 unspecified atom stereocenters. The monoisotopic (exact) mass is 418 g/mol. The van der Waals surface area contributed by atoms with Crippen LogP contribution in [0.5, 0.6) is 0 Å². The zero-order valence-corrected chi connectivity index (χ0v) is 17.6. The zero-order chi connectivity index (χ0) is 21.7. The van der Waals surface area contributed by atoms with Crippen LogP contribution in [0.2, 0.25) is 0 Å². The first-order valence-corrected chi connectivity index (χ1v) is 10.1. The van der Waals surface area contributed by atoms with Crippen molar-refractivity contribution >= 4 is 11.7 Å². The number of methoxy groups -OCH3 is 1. The first-order chi connectivity index (χ1) is 14.4. The van der Waals surface area contributed by atoms with Crippen molar-refractivity contribution in [2.75, 3.05) is 38.3 Å². The lowest BCUT2D eigenvalue weighted by Gasteiger charge is -2.41. The highest BCUT2D eigenvalue weighted by atomic mass is 19.1. The van der Waals surface area contributed by atoms with Crippen molar-refractivity contribution in [2.45, 2.75) is 32.9 Å². The molecular formula is C22H28F2N4O2. The van der Waals surface area contributed by atoms with Crippen molar-refractivity contribution in [1.29, 1.82) is 0 Å². The lowest BCUT2D eigenvalue weighted by molar-refractivity contribution is 0.0595. The molecular weight excluding hydrogens is 390 g/mol. The maximum absolute atomic E-state index is 14.9. The molecule has 6 nitrogen and oxygen atoms in total. The van der Waals surface area contributed by atoms with Gasteiger partial charge in [0.1, 0.15) is 18.1 Å². The van der Waals surface area contributed by atoms with Gasteiger partial charge in [0.2, 0.25) is 0 Å². The van der Waals surface area contributed by atoms with Gasteiger partial charge in [0.25, 0.3) is 0 Å². The standard InChI is InChI=1S/C22H28F2N4O2/c1-15(2)9-16-10-19(24)21(22(29)30-3)20(11-16)28-8-7-27(18(12-23)14-28)13-17-5-4-6-25-26-17/h4-6,10-11,15,18H,7-9,12-14H2,1-3H3/t18-/m0/s1. The van der Waals surface area contributed by atoms with E-state index in [-0.39, 0.29) is 5.56 Å². The Kier molecular flexibility index (Phi) is 7.31. The van der Waals surface area contributed by atoms with Gasteiger partial charge in [0, 0.05) is 32.4 Å². The van der Waals surface area contributed by atoms with Crippen LogP contribution in [0.25, 0.3) is 0 Å². The van der Waals surface area contributed by atoms with E-state index in [1.165, 1.54) is 13.2 Å². The summed E-state index contributed by atoms with van der Waals surface area (Å²) >= 11 is 0. The van der Waals surface area contributed by atoms with E-state index < -0.39 is 24.5 Å². The molecule has 1 saturated heterocycles. The largest absolute Gasteiger partial charge is 0.465 e. The molecule has 1 aliphatic heterocycles. The van der Waals surface area contributed by atoms with Gasteiger partial charge in [0.05, 0.1) is 24.5 Å². The van der Waals surface area contributed by atoms with Crippen molar-refractivity contribution in [3.8, 4) is 0 Å². The normalized spacial score (nSPS) is 17.4. The van der Waals surface area contributed by atoms with E-state index in [0.29, 0.717) is 44.2 Å². The molecule has 1 fully saturated rings. The second kappa shape index (κ2) is 9.93. The summed E-state index contributed by atoms with van der Waals surface area (Å²) in [5.41, 5.74) is 1.95. The number of aromatic nitrogens is 2. The summed E-state index contributed by atoms with van der Waals surface area (Å²) in [7, 11) is 1.23. The van der Waals surface area contributed by atoms with Crippen LogP contribution in [0, 0.1) is 11.7 Å². The van der Waals surface area contributed by atoms with Gasteiger partial charge in [-0.15, -0.1) is 0 Å². The van der Waals surface area contributed by atoms with Gasteiger partial charge in [-0.3, -0.25) is 4.90 Å². The summed E-state index contributed by atoms with van der Waals surface area (Å²) in [5, 5.41) is 7.95. The summed E-state index contributed by atoms with van der Waals surface area (Å²) in [6, 6.07) is 6.49. The first kappa shape index (κ1) is 22.1. The van der Waals surface area contributed by atoms with Gasteiger partial charge in [-0.1, -0.05) is 13.8 Å². The Morgan fingerprint density at radius 3 is 2.77 bits per heavy atom. The van der Waals surface area contributed by atoms with Crippen LogP contribution in [-0.4, -0.2) is 60.5 Å². The third-order valence-electron chi connectivity index (χ3n) is 5.28. The number of hydrogen-bond donors (Lipinski definition) is 0. The highest BCUT2D eigenvalue weighted by Gasteiger charge is 2.31. The minimum Gasteiger partial charge on any atom is -0.465 e. The van der Waals surface area contributed by atoms with Crippen LogP contribution in [0.15, 0.2) is 30.5 Å². The van der Waals surface area contributed by atoms with Gasteiger partial charge in [0.15, 0.2) is 0 Å². The van der Waals surface area contributed by atoms with E-state index in [2.05, 4.69) is 24.0 Å². The van der Waals surface area contributed by atoms with Crippen LogP contribution in [0.3, 0.4) is 0 Å². The van der Waals surface area contributed by atoms with Crippen molar-refractivity contribution in [3.05, 3.63) is 53.1 Å². The highest BCUT2D eigenvalue weighted by Crippen LogP contribution is 2.30. The molecule has 162 valence electrons. The number of esters is 1. The van der Waals surface area contributed by atoms with E-state index in [1.807, 2.05) is 21.9 Å². The number of ether oxygens (including phenoxy) is 1. The molecule has 0 aliphatic carbocycles. The molecule has 1 aromatic heterocycles. The van der Waals surface area contributed by atoms with Gasteiger partial charge in [-0.2, -0.15) is 10.2 Å². The second-order valence-corrected chi connectivity index (χ2v) is 8.00. The lowest BCUT2D eigenvalue weighted by Crippen LogP contribution is -2.54. The molecule has 8 heteroatoms. The van der Waals surface area contributed by atoms with Crippen LogP contribution < -0.4 is 4.90 Å². The molecule has 0 spiro atoms. The Labute approximate surface area is 175 Å². The molecule has 0 N–H and O–H groups in total. The Hall–Kier alpha value is -2.61. The molecule has 0 amide bonds. The smallest absolute Gasteiger partial charge is 0.342 e. The predicted octanol–water partition coefficient (Wildman–Crippen LogP) is 3.26. The molecule has 3 rings (SSSR count). The maximum Gasteiger partial charge on any atom is 0.342 e. The van der Waals surface area contributed by atoms with E-state index in [0.717, 1.165) is 11.3 Å². The SMILES string of the molecule is COC(=O)c1c(F)cc(CC(C)C)cc1N1CCN(Cc2cccnn2)[C@@H](CF)C1. The van der Waals surface area contributed by atoms with Crippen LogP contribution >= 0.6 is 0 Å². The minimum atomic E-state index is -0.725. The molecule has 0 bridgehead atoms. The molecule has 2 aromatic rings. The molecule has 2 heterocycles. The van der Waals surface area contributed by atoms with E-state index in [9.17, 15) is 13.6 Å². The summed E-state index contributed by atoms with van der Waals surface area (Å²) in [4.78, 5) is 16.2. The minimum absolute atomic E-state index is 0.0926. The van der Waals surface area contributed by atoms with Crippen molar-refractivity contribution in [1.82, 2.24) is 15.1 Å². The number of carbonyl (C=O) groups is 1. The fourth-order valence-electron chi connectivity index (χ4n) is 3.88. The quantitative estimate of drug-likeness (QED) is 0.644. The van der Waals surface area contributed by atoms with Crippen LogP contribution in [-0.2, 0) is 17.7 Å². The van der Waals surface area contributed by atoms with Crippen molar-refractivity contribution in [3.63, 3.8) is 0 Å². The Morgan fingerprint density at radius 1 is 1.33 bits per heavy atom. The van der Waals surface area contributed by atoms with Gasteiger partial charge in [-0.05, 0) is 42.2 Å². The third-order valence-corrected chi connectivity index (χ3v) is 5.28. The molecule has 1 aromatic carbocycles. The van der Waals surface area contributed by atoms with Gasteiger partial charge >= 0.3 is 5.97 Å². The summed E-state index contributed by atoms with van der Waals surface area (Å²) in [6.07, 6.45) is 2.28. The predicted molar refractivity (Wildman–Crippen MR) is 111 cm³/mol. The van der Waals surface area contributed by atoms with Crippen molar-refractivity contribution in [2.24, 2.45) is 5.92 Å². The molecule has 0 radical (unpaired) electrons. The van der Waals surface area contributed by atoms with Crippen LogP contribution in [0.1, 0.15) is 35.5 Å². The molecule has 1 aliphatic rings. The number of hydrogen-bond acceptors (Lipinski definition) is 6. The summed E-state index contributed by atoms with van der Waals surface area (Å²) in [6.45, 7) is 5.46. The number of piperazine rings is 1. The fourth-order valence-corrected chi connectivity index (χ4v) is 3.88. The Bertz CT molecular complexity index is 864. The number of carbonyl (C=O) groups excluding carboxylic acids is 1. The lowest BCUT2D eigenvalue weighted by atomic mass is 9.98. The van der Waals surface area contributed by atoms with Gasteiger partial charge in [-0.25, -0.2) is 13.6 Å². The fraction of sp³-hybridized carbons (Fsp3) is 0.500. The average Bonchev–Trinajstić information content (AvgIpc) is 2.73. The number of anilines is 1. The maximum atomic E-state index is 14.9. The molecule has 1 atom stereocenters. The number of benzene rings is 1. The number of nitrogens with zero attached hydrogens (tertiary/aromatic N) is 4. The number of alkyl halides is 1. The average molecular weight is 418 g/mol. The van der Waals surface area contributed by atoms with Gasteiger partial charge < -0.3 is 9.64 Å². The van der Waals surface area contributed by atoms with E-state index >= 15 is 0 Å². The first-order valence-electron chi connectivity index (χ1n) is 10.1. The third kappa shape index (κ3) is 5.11. The Morgan fingerprint density at radius 2 is 2.13 bits per heavy atom. The zero-order valence-electron chi connectivity index (χ0n) is 17.6. The summed E-state index contributed by atoms with van der Waals surface area (Å²) in [5.74, 6) is -0.991. The molecule has 30 heavy (non-hydrogen) atoms. The second-order valence-electron chi connectivity index (χ2n) is 8.00. The number of halogens is 2. The Balaban J connectivity index is 1.87. The topological polar surface area (TPSA) is 58.6 Å².